The van der Waals surface area contributed by atoms with Gasteiger partial charge >= 0.3 is 0 Å². The quantitative estimate of drug-likeness (QED) is 0.0605. The van der Waals surface area contributed by atoms with E-state index in [4.69, 9.17) is 42.6 Å². The van der Waals surface area contributed by atoms with Crippen molar-refractivity contribution >= 4 is 32.7 Å². The number of aromatic nitrogens is 9. The normalized spacial score (nSPS) is 12.8. The minimum atomic E-state index is -0.987. The Balaban J connectivity index is 0.000000192. The summed E-state index contributed by atoms with van der Waals surface area (Å²) in [6.45, 7) is 11.1. The van der Waals surface area contributed by atoms with Crippen molar-refractivity contribution in [3.63, 3.8) is 0 Å². The molecule has 0 aliphatic carbocycles. The Labute approximate surface area is 519 Å². The van der Waals surface area contributed by atoms with Gasteiger partial charge in [-0.2, -0.15) is 45.7 Å². The van der Waals surface area contributed by atoms with Gasteiger partial charge in [0.2, 0.25) is 35.3 Å². The second kappa shape index (κ2) is 28.8. The summed E-state index contributed by atoms with van der Waals surface area (Å²) in [5, 5.41) is 32.5. The van der Waals surface area contributed by atoms with Gasteiger partial charge in [0.1, 0.15) is 34.7 Å². The number of aromatic amines is 3. The topological polar surface area (TPSA) is 330 Å². The van der Waals surface area contributed by atoms with Crippen molar-refractivity contribution in [3.05, 3.63) is 155 Å². The summed E-state index contributed by atoms with van der Waals surface area (Å²) in [4.78, 5) is 71.7. The van der Waals surface area contributed by atoms with E-state index in [1.54, 1.807) is 78.5 Å². The number of hydrogen-bond acceptors (Lipinski definition) is 21. The highest BCUT2D eigenvalue weighted by Gasteiger charge is 2.34. The van der Waals surface area contributed by atoms with Gasteiger partial charge in [0.25, 0.3) is 16.7 Å². The van der Waals surface area contributed by atoms with Crippen LogP contribution < -0.4 is 59.3 Å². The van der Waals surface area contributed by atoms with Crippen LogP contribution in [0.15, 0.2) is 87.2 Å². The average Bonchev–Trinajstić information content (AvgIpc) is 1.37. The number of fused-ring (bicyclic) bond motifs is 3. The first-order chi connectivity index (χ1) is 43.1. The van der Waals surface area contributed by atoms with Gasteiger partial charge in [0, 0.05) is 52.1 Å². The monoisotopic (exact) mass is 1220 g/mol. The van der Waals surface area contributed by atoms with E-state index in [1.807, 2.05) is 57.2 Å². The molecule has 24 heteroatoms. The van der Waals surface area contributed by atoms with Crippen molar-refractivity contribution in [2.24, 2.45) is 0 Å². The highest BCUT2D eigenvalue weighted by Crippen LogP contribution is 2.38. The van der Waals surface area contributed by atoms with Crippen LogP contribution in [0.3, 0.4) is 0 Å². The second-order valence-electron chi connectivity index (χ2n) is 21.3. The summed E-state index contributed by atoms with van der Waals surface area (Å²) in [5.74, 6) is 5.08. The van der Waals surface area contributed by atoms with Gasteiger partial charge in [0.05, 0.1) is 133 Å². The van der Waals surface area contributed by atoms with E-state index in [0.717, 1.165) is 16.2 Å². The predicted octanol–water partition coefficient (Wildman–Crippen LogP) is 8.79. The molecule has 0 amide bonds. The van der Waals surface area contributed by atoms with Crippen LogP contribution >= 0.6 is 0 Å². The summed E-state index contributed by atoms with van der Waals surface area (Å²) in [6.07, 6.45) is 2.47. The molecule has 3 aromatic carbocycles. The van der Waals surface area contributed by atoms with Crippen LogP contribution in [0.1, 0.15) is 92.4 Å². The molecular formula is C66H72N12O12. The SMILES string of the molecule is CCc1cc2c(OC)cc(C(C)(C#N)Cc3nc(OC)cc(OC)n3)cc2[nH]c1=O.CCc1cc2c(OC)cc([C@@](C)(C#N)Cc3nc(OC)cc(OC)n3)cc2[nH]c1=O.CCc1cc2c(OC)cc([C@](C)(C#N)Cc3nc(OC)cc(OC)n3)cc2[nH]c1=O. The molecule has 0 saturated heterocycles. The fourth-order valence-corrected chi connectivity index (χ4v) is 9.99. The van der Waals surface area contributed by atoms with Crippen LogP contribution in [0, 0.1) is 34.0 Å². The highest BCUT2D eigenvalue weighted by atomic mass is 16.5. The summed E-state index contributed by atoms with van der Waals surface area (Å²) >= 11 is 0. The van der Waals surface area contributed by atoms with Gasteiger partial charge in [-0.1, -0.05) is 20.8 Å². The lowest BCUT2D eigenvalue weighted by atomic mass is 9.80. The van der Waals surface area contributed by atoms with Crippen LogP contribution in [0.25, 0.3) is 32.7 Å². The predicted molar refractivity (Wildman–Crippen MR) is 337 cm³/mol. The number of rotatable bonds is 21. The Morgan fingerprint density at radius 3 is 0.756 bits per heavy atom. The zero-order valence-electron chi connectivity index (χ0n) is 53.1. The lowest BCUT2D eigenvalue weighted by Crippen LogP contribution is -2.25. The number of nitrogens with one attached hydrogen (secondary N) is 3. The molecule has 90 heavy (non-hydrogen) atoms. The van der Waals surface area contributed by atoms with Gasteiger partial charge in [-0.3, -0.25) is 14.4 Å². The van der Waals surface area contributed by atoms with Crippen molar-refractivity contribution in [1.82, 2.24) is 44.9 Å². The first-order valence-electron chi connectivity index (χ1n) is 28.5. The van der Waals surface area contributed by atoms with Crippen molar-refractivity contribution in [2.45, 2.75) is 96.3 Å². The highest BCUT2D eigenvalue weighted by molar-refractivity contribution is 5.88. The van der Waals surface area contributed by atoms with E-state index < -0.39 is 16.2 Å². The number of methoxy groups -OCH3 is 9. The molecular weight excluding hydrogens is 1150 g/mol. The van der Waals surface area contributed by atoms with E-state index in [0.29, 0.717) is 139 Å². The average molecular weight is 1230 g/mol. The molecule has 9 rings (SSSR count). The second-order valence-corrected chi connectivity index (χ2v) is 21.3. The van der Waals surface area contributed by atoms with E-state index >= 15 is 0 Å². The Morgan fingerprint density at radius 1 is 0.356 bits per heavy atom. The molecule has 6 heterocycles. The van der Waals surface area contributed by atoms with Gasteiger partial charge in [-0.05, 0) is 111 Å². The molecule has 0 spiro atoms. The number of nitriles is 3. The summed E-state index contributed by atoms with van der Waals surface area (Å²) in [7, 11) is 13.7. The molecule has 0 saturated carbocycles. The fourth-order valence-electron chi connectivity index (χ4n) is 9.99. The molecule has 1 unspecified atom stereocenters. The molecule has 0 fully saturated rings. The van der Waals surface area contributed by atoms with Gasteiger partial charge in [-0.15, -0.1) is 0 Å². The largest absolute Gasteiger partial charge is 0.496 e. The Bertz CT molecular complexity index is 3920. The smallest absolute Gasteiger partial charge is 0.251 e. The molecule has 0 radical (unpaired) electrons. The zero-order chi connectivity index (χ0) is 65.7. The standard InChI is InChI=1S/3C22H24N4O4/c3*1-6-13-7-15-16(24-21(13)27)8-14(9-17(15)28-3)22(2,12-23)11-18-25-19(29-4)10-20(26-18)30-5/h3*7-10H,6,11H2,1-5H3,(H,24,27)/t2*22-;/m10./s1. The lowest BCUT2D eigenvalue weighted by molar-refractivity contribution is 0.365. The molecule has 3 N–H and O–H groups in total. The van der Waals surface area contributed by atoms with E-state index in [2.05, 4.69) is 63.1 Å². The first kappa shape index (κ1) is 66.7. The van der Waals surface area contributed by atoms with Crippen LogP contribution in [-0.4, -0.2) is 109 Å². The van der Waals surface area contributed by atoms with Gasteiger partial charge in [0.15, 0.2) is 0 Å². The molecule has 0 aliphatic rings. The minimum Gasteiger partial charge on any atom is -0.496 e. The van der Waals surface area contributed by atoms with Crippen molar-refractivity contribution < 1.29 is 42.6 Å². The molecule has 9 aromatic rings. The van der Waals surface area contributed by atoms with Crippen LogP contribution in [0.5, 0.6) is 52.5 Å². The van der Waals surface area contributed by atoms with Crippen LogP contribution in [0.4, 0.5) is 0 Å². The molecule has 6 aromatic heterocycles. The van der Waals surface area contributed by atoms with Gasteiger partial charge < -0.3 is 57.6 Å². The minimum absolute atomic E-state index is 0.149. The number of ether oxygens (including phenoxy) is 9. The van der Waals surface area contributed by atoms with E-state index in [-0.39, 0.29) is 35.9 Å². The lowest BCUT2D eigenvalue weighted by Gasteiger charge is -2.23. The van der Waals surface area contributed by atoms with Crippen LogP contribution in [-0.2, 0) is 54.8 Å². The number of hydrogen-bond donors (Lipinski definition) is 3. The maximum absolute atomic E-state index is 12.3. The number of H-pyrrole nitrogens is 3. The maximum Gasteiger partial charge on any atom is 0.251 e. The number of aryl methyl sites for hydroxylation is 3. The summed E-state index contributed by atoms with van der Waals surface area (Å²) < 4.78 is 47.9. The molecule has 0 bridgehead atoms. The maximum atomic E-state index is 12.3. The molecule has 24 nitrogen and oxygen atoms in total. The Hall–Kier alpha value is -10.8. The van der Waals surface area contributed by atoms with Crippen molar-refractivity contribution in [2.75, 3.05) is 64.0 Å². The third kappa shape index (κ3) is 14.6. The molecule has 468 valence electrons. The fraction of sp³-hybridized carbons (Fsp3) is 0.364. The van der Waals surface area contributed by atoms with Gasteiger partial charge in [-0.25, -0.2) is 0 Å². The van der Waals surface area contributed by atoms with Crippen molar-refractivity contribution in [1.29, 1.82) is 15.8 Å². The number of nitrogens with zero attached hydrogens (tertiary/aromatic N) is 9. The number of pyridine rings is 3. The van der Waals surface area contributed by atoms with E-state index in [1.165, 1.54) is 42.7 Å². The Morgan fingerprint density at radius 2 is 0.578 bits per heavy atom. The first-order valence-corrected chi connectivity index (χ1v) is 28.5. The zero-order valence-corrected chi connectivity index (χ0v) is 53.1. The third-order valence-electron chi connectivity index (χ3n) is 15.4. The Kier molecular flexibility index (Phi) is 21.4. The van der Waals surface area contributed by atoms with Crippen LogP contribution in [0.2, 0.25) is 0 Å². The van der Waals surface area contributed by atoms with Crippen molar-refractivity contribution in [3.8, 4) is 70.7 Å². The molecule has 0 aliphatic heterocycles. The van der Waals surface area contributed by atoms with E-state index in [9.17, 15) is 30.2 Å². The summed E-state index contributed by atoms with van der Waals surface area (Å²) in [6, 6.07) is 28.2. The molecule has 3 atom stereocenters. The summed E-state index contributed by atoms with van der Waals surface area (Å²) in [5.41, 5.74) is 2.48. The third-order valence-corrected chi connectivity index (χ3v) is 15.4. The number of benzene rings is 3.